The highest BCUT2D eigenvalue weighted by Gasteiger charge is 2.50. The summed E-state index contributed by atoms with van der Waals surface area (Å²) in [6, 6.07) is 4.27. The molecular formula is C54H62ClF2N7O22. The van der Waals surface area contributed by atoms with Gasteiger partial charge >= 0.3 is 24.0 Å². The van der Waals surface area contributed by atoms with Gasteiger partial charge in [0.25, 0.3) is 5.56 Å². The molecule has 0 saturated carbocycles. The molecule has 12 atom stereocenters. The lowest BCUT2D eigenvalue weighted by Crippen LogP contribution is -2.64. The van der Waals surface area contributed by atoms with Crippen LogP contribution in [0.15, 0.2) is 35.1 Å². The van der Waals surface area contributed by atoms with Crippen molar-refractivity contribution in [1.82, 2.24) is 25.1 Å². The molecule has 2 saturated heterocycles. The summed E-state index contributed by atoms with van der Waals surface area (Å²) in [5.41, 5.74) is 4.06. The molecule has 0 radical (unpaired) electrons. The zero-order valence-corrected chi connectivity index (χ0v) is 46.7. The van der Waals surface area contributed by atoms with E-state index in [0.717, 1.165) is 6.07 Å². The van der Waals surface area contributed by atoms with Crippen molar-refractivity contribution in [2.24, 2.45) is 5.73 Å². The molecule has 14 N–H and O–H groups in total. The van der Waals surface area contributed by atoms with Gasteiger partial charge in [0.05, 0.1) is 45.8 Å². The highest BCUT2D eigenvalue weighted by molar-refractivity contribution is 6.36. The van der Waals surface area contributed by atoms with E-state index in [2.05, 4.69) is 20.9 Å². The summed E-state index contributed by atoms with van der Waals surface area (Å²) in [7, 11) is 0. The summed E-state index contributed by atoms with van der Waals surface area (Å²) in [6.45, 7) is 3.26. The first-order valence-electron chi connectivity index (χ1n) is 26.9. The van der Waals surface area contributed by atoms with Gasteiger partial charge in [-0.15, -0.1) is 0 Å². The molecule has 4 aliphatic rings. The van der Waals surface area contributed by atoms with Crippen LogP contribution in [-0.2, 0) is 79.5 Å². The number of esters is 1. The molecule has 466 valence electrons. The van der Waals surface area contributed by atoms with Crippen molar-refractivity contribution in [2.75, 3.05) is 18.4 Å². The molecule has 6 heterocycles. The van der Waals surface area contributed by atoms with Crippen LogP contribution in [0.4, 0.5) is 19.3 Å². The third-order valence-electron chi connectivity index (χ3n) is 15.2. The van der Waals surface area contributed by atoms with Gasteiger partial charge in [-0.05, 0) is 68.9 Å². The number of aliphatic carboxylic acids is 2. The summed E-state index contributed by atoms with van der Waals surface area (Å²) in [4.78, 5) is 109. The number of hydrogen-bond acceptors (Lipinski definition) is 22. The van der Waals surface area contributed by atoms with Crippen molar-refractivity contribution in [3.05, 3.63) is 85.2 Å². The Bertz CT molecular complexity index is 3410. The molecule has 4 amide bonds. The number of hydrogen-bond donors (Lipinski definition) is 13. The van der Waals surface area contributed by atoms with Gasteiger partial charge in [-0.25, -0.2) is 32.9 Å². The minimum absolute atomic E-state index is 0.00849. The minimum atomic E-state index is -2.17. The number of nitrogens with one attached hydrogen (secondary N) is 3. The lowest BCUT2D eigenvalue weighted by Gasteiger charge is -2.38. The topological polar surface area (TPSA) is 448 Å². The van der Waals surface area contributed by atoms with Gasteiger partial charge in [-0.3, -0.25) is 19.2 Å². The van der Waals surface area contributed by atoms with E-state index in [1.807, 2.05) is 0 Å². The van der Waals surface area contributed by atoms with Crippen LogP contribution in [0.5, 0.6) is 5.75 Å². The van der Waals surface area contributed by atoms with Crippen LogP contribution < -0.4 is 32.0 Å². The first kappa shape index (κ1) is 64.4. The molecule has 32 heteroatoms. The molecular weight excluding hydrogens is 1170 g/mol. The third kappa shape index (κ3) is 12.9. The number of pyridine rings is 2. The van der Waals surface area contributed by atoms with E-state index in [0.29, 0.717) is 5.56 Å². The summed E-state index contributed by atoms with van der Waals surface area (Å²) < 4.78 is 58.6. The van der Waals surface area contributed by atoms with Crippen LogP contribution in [0.2, 0.25) is 5.02 Å². The standard InChI is InChI=1S/C54H62ClF2N7O22/c1-4-54(81)25-15-30-37-23(17-64(30)48(74)24(25)19-82-52(54)79)22(34-29(61-37)16-26(56)36(57)35(34)55)11-13-63(20(2)3)53(80)83-18-21-8-9-31(84-51-43(72)39(68)41(70)45(86-51)50(77)78)28(14-21)60-33(66)10-12-59-46(73)27(58)6-5-7-32(65)62-47-42(71)38(67)40(69)44(85-47)49(75)76/h8-9,14-16,20,27,38-45,47,51,67-72,81H,4-7,10-13,17-19,58H2,1-3H3,(H,59,73)(H,60,66)(H,62,65)(H,75,76)(H,77,78)/t27-,38-,39-,40-,41-,42+,43+,44-,45-,47+,51+,54-/m0/s1. The number of amides is 4. The van der Waals surface area contributed by atoms with Crippen molar-refractivity contribution < 1.29 is 112 Å². The number of aliphatic hydroxyl groups excluding tert-OH is 6. The number of ether oxygens (including phenoxy) is 5. The summed E-state index contributed by atoms with van der Waals surface area (Å²) in [5, 5.41) is 98.3. The first-order valence-corrected chi connectivity index (χ1v) is 27.3. The monoisotopic (exact) mass is 1230 g/mol. The molecule has 4 aromatic rings. The maximum atomic E-state index is 15.3. The van der Waals surface area contributed by atoms with E-state index in [-0.39, 0.29) is 108 Å². The zero-order valence-electron chi connectivity index (χ0n) is 46.0. The number of aliphatic hydroxyl groups is 7. The molecule has 0 bridgehead atoms. The van der Waals surface area contributed by atoms with Gasteiger partial charge in [0.2, 0.25) is 24.0 Å². The summed E-state index contributed by atoms with van der Waals surface area (Å²) in [5.74, 6) is -9.67. The number of cyclic esters (lactones) is 1. The fourth-order valence-corrected chi connectivity index (χ4v) is 10.7. The molecule has 0 aliphatic carbocycles. The largest absolute Gasteiger partial charge is 0.479 e. The van der Waals surface area contributed by atoms with Crippen molar-refractivity contribution >= 4 is 69.9 Å². The number of halogens is 3. The number of nitrogens with zero attached hydrogens (tertiary/aromatic N) is 3. The predicted octanol–water partition coefficient (Wildman–Crippen LogP) is -1.18. The number of anilines is 1. The maximum Gasteiger partial charge on any atom is 0.410 e. The summed E-state index contributed by atoms with van der Waals surface area (Å²) >= 11 is 6.50. The van der Waals surface area contributed by atoms with Crippen LogP contribution in [0.3, 0.4) is 0 Å². The van der Waals surface area contributed by atoms with Crippen LogP contribution in [0.25, 0.3) is 22.3 Å². The molecule has 0 spiro atoms. The second-order valence-corrected chi connectivity index (χ2v) is 21.5. The van der Waals surface area contributed by atoms with E-state index in [9.17, 15) is 84.3 Å². The minimum Gasteiger partial charge on any atom is -0.479 e. The molecule has 0 unspecified atom stereocenters. The Kier molecular flexibility index (Phi) is 19.6. The number of carbonyl (C=O) groups is 7. The third-order valence-corrected chi connectivity index (χ3v) is 15.5. The summed E-state index contributed by atoms with van der Waals surface area (Å²) in [6.07, 6.45) is -21.7. The highest BCUT2D eigenvalue weighted by atomic mass is 35.5. The lowest BCUT2D eigenvalue weighted by molar-refractivity contribution is -0.271. The van der Waals surface area contributed by atoms with Gasteiger partial charge in [0.1, 0.15) is 55.6 Å². The number of aromatic nitrogens is 2. The smallest absolute Gasteiger partial charge is 0.410 e. The van der Waals surface area contributed by atoms with E-state index < -0.39 is 163 Å². The number of fused-ring (bicyclic) bond motifs is 5. The number of carbonyl (C=O) groups excluding carboxylic acids is 5. The molecule has 29 nitrogen and oxygen atoms in total. The van der Waals surface area contributed by atoms with Crippen LogP contribution >= 0.6 is 11.6 Å². The SMILES string of the molecule is CC[C@@]1(O)C(=O)OCc2c1cc1n(c2=O)Cc2c-1nc1cc(F)c(F)c(Cl)c1c2CCN(C(=O)OCc1ccc(O[C@@H]2O[C@H](C(=O)O)[C@@H](O)[C@H](O)[C@H]2O)c(NC(=O)CCNC(=O)[C@@H](N)CCCC(=O)N[C@@H]2O[C@H](C(=O)O)[C@@H](O)[C@H](O)[C@H]2O)c1)C(C)C. The van der Waals surface area contributed by atoms with Gasteiger partial charge in [-0.2, -0.15) is 0 Å². The van der Waals surface area contributed by atoms with Gasteiger partial charge < -0.3 is 101 Å². The van der Waals surface area contributed by atoms with Crippen molar-refractivity contribution in [2.45, 2.75) is 158 Å². The van der Waals surface area contributed by atoms with E-state index >= 15 is 8.78 Å². The number of carboxylic acid groups (broad SMARTS) is 2. The fourth-order valence-electron chi connectivity index (χ4n) is 10.4. The normalized spacial score (nSPS) is 25.3. The molecule has 4 aliphatic heterocycles. The lowest BCUT2D eigenvalue weighted by atomic mass is 9.86. The Labute approximate surface area is 490 Å². The quantitative estimate of drug-likeness (QED) is 0.0304. The average Bonchev–Trinajstić information content (AvgIpc) is 1.60. The number of rotatable bonds is 21. The average molecular weight is 1230 g/mol. The zero-order chi connectivity index (χ0) is 63.0. The van der Waals surface area contributed by atoms with Crippen molar-refractivity contribution in [3.8, 4) is 17.1 Å². The van der Waals surface area contributed by atoms with E-state index in [4.69, 9.17) is 41.0 Å². The molecule has 8 rings (SSSR count). The number of nitrogens with two attached hydrogens (primary N) is 1. The van der Waals surface area contributed by atoms with Gasteiger partial charge in [0, 0.05) is 54.6 Å². The second-order valence-electron chi connectivity index (χ2n) is 21.1. The molecule has 2 aromatic carbocycles. The second kappa shape index (κ2) is 26.2. The maximum absolute atomic E-state index is 15.3. The fraction of sp³-hybridized carbons (Fsp3) is 0.500. The van der Waals surface area contributed by atoms with Crippen molar-refractivity contribution in [3.63, 3.8) is 0 Å². The van der Waals surface area contributed by atoms with Gasteiger partial charge in [-0.1, -0.05) is 24.6 Å². The first-order chi connectivity index (χ1) is 40.6. The Hall–Kier alpha value is -7.56. The Balaban J connectivity index is 0.948. The molecule has 2 aromatic heterocycles. The van der Waals surface area contributed by atoms with Gasteiger partial charge in [0.15, 0.2) is 35.7 Å². The Morgan fingerprint density at radius 1 is 0.907 bits per heavy atom. The Morgan fingerprint density at radius 2 is 1.58 bits per heavy atom. The molecule has 2 fully saturated rings. The number of carboxylic acids is 2. The predicted molar refractivity (Wildman–Crippen MR) is 287 cm³/mol. The van der Waals surface area contributed by atoms with Crippen LogP contribution in [0.1, 0.15) is 80.7 Å². The molecule has 86 heavy (non-hydrogen) atoms. The van der Waals surface area contributed by atoms with E-state index in [1.165, 1.54) is 40.7 Å². The van der Waals surface area contributed by atoms with E-state index in [1.54, 1.807) is 13.8 Å². The number of benzene rings is 2. The van der Waals surface area contributed by atoms with Crippen LogP contribution in [-0.4, -0.2) is 189 Å². The Morgan fingerprint density at radius 3 is 2.24 bits per heavy atom. The highest BCUT2D eigenvalue weighted by Crippen LogP contribution is 2.43. The van der Waals surface area contributed by atoms with Crippen LogP contribution in [0, 0.1) is 11.6 Å². The van der Waals surface area contributed by atoms with Crippen molar-refractivity contribution in [1.29, 1.82) is 0 Å².